The van der Waals surface area contributed by atoms with Crippen molar-refractivity contribution in [2.45, 2.75) is 29.0 Å². The molecule has 1 saturated carbocycles. The maximum Gasteiger partial charge on any atom is 0.268 e. The van der Waals surface area contributed by atoms with Gasteiger partial charge in [0.1, 0.15) is 16.9 Å². The zero-order valence-corrected chi connectivity index (χ0v) is 25.8. The zero-order valence-electron chi connectivity index (χ0n) is 20.3. The van der Waals surface area contributed by atoms with Crippen LogP contribution >= 0.6 is 59.4 Å². The van der Waals surface area contributed by atoms with Gasteiger partial charge in [-0.1, -0.05) is 0 Å². The number of alkyl halides is 1. The van der Waals surface area contributed by atoms with Crippen molar-refractivity contribution in [1.29, 1.82) is 0 Å². The first-order valence-corrected chi connectivity index (χ1v) is 14.9. The molecular formula is C22H24Br3ClN10O4. The van der Waals surface area contributed by atoms with Crippen molar-refractivity contribution >= 4 is 83.1 Å². The maximum atomic E-state index is 13.0. The molecule has 40 heavy (non-hydrogen) atoms. The van der Waals surface area contributed by atoms with Crippen molar-refractivity contribution in [1.82, 2.24) is 30.8 Å². The molecule has 6 rings (SSSR count). The number of nitrogens with zero attached hydrogens (tertiary/aromatic N) is 3. The van der Waals surface area contributed by atoms with Crippen LogP contribution in [-0.2, 0) is 0 Å². The molecule has 214 valence electrons. The van der Waals surface area contributed by atoms with Crippen LogP contribution in [0.5, 0.6) is 0 Å². The molecule has 0 aromatic carbocycles. The van der Waals surface area contributed by atoms with Gasteiger partial charge in [-0.05, 0) is 65.8 Å². The van der Waals surface area contributed by atoms with E-state index in [1.54, 1.807) is 18.3 Å². The molecular weight excluding hydrogens is 743 g/mol. The Balaban J connectivity index is 1.36. The van der Waals surface area contributed by atoms with Crippen LogP contribution in [-0.4, -0.2) is 90.9 Å². The lowest BCUT2D eigenvalue weighted by molar-refractivity contribution is -0.0560. The van der Waals surface area contributed by atoms with Crippen LogP contribution in [0.4, 0.5) is 0 Å². The van der Waals surface area contributed by atoms with Crippen LogP contribution in [0.1, 0.15) is 21.0 Å². The Labute approximate surface area is 257 Å². The molecule has 0 radical (unpaired) electrons. The fourth-order valence-corrected chi connectivity index (χ4v) is 8.45. The first-order chi connectivity index (χ1) is 18.9. The van der Waals surface area contributed by atoms with Crippen LogP contribution in [0.2, 0.25) is 0 Å². The second-order valence-corrected chi connectivity index (χ2v) is 13.1. The number of carbonyl (C=O) groups is 2. The molecule has 2 amide bonds. The summed E-state index contributed by atoms with van der Waals surface area (Å²) in [7, 11) is 0. The molecule has 2 aromatic rings. The van der Waals surface area contributed by atoms with E-state index < -0.39 is 58.6 Å². The first-order valence-electron chi connectivity index (χ1n) is 12.1. The van der Waals surface area contributed by atoms with Crippen LogP contribution in [0.15, 0.2) is 41.9 Å². The number of nitrogens with one attached hydrogen (secondary N) is 5. The van der Waals surface area contributed by atoms with Crippen molar-refractivity contribution in [3.63, 3.8) is 0 Å². The highest BCUT2D eigenvalue weighted by Crippen LogP contribution is 2.63. The third-order valence-corrected chi connectivity index (χ3v) is 11.3. The fraction of sp³-hybridized carbons (Fsp3) is 0.455. The predicted octanol–water partition coefficient (Wildman–Crippen LogP) is -0.107. The average molecular weight is 768 g/mol. The number of aliphatic hydroxyl groups is 2. The highest BCUT2D eigenvalue weighted by Gasteiger charge is 2.82. The largest absolute Gasteiger partial charge is 0.370 e. The van der Waals surface area contributed by atoms with Crippen molar-refractivity contribution in [3.05, 3.63) is 43.3 Å². The molecule has 1 spiro atoms. The van der Waals surface area contributed by atoms with E-state index >= 15 is 0 Å². The second-order valence-electron chi connectivity index (χ2n) is 10.1. The highest BCUT2D eigenvalue weighted by molar-refractivity contribution is 9.13. The topological polar surface area (TPSA) is 222 Å². The number of H-pyrrole nitrogens is 2. The van der Waals surface area contributed by atoms with Crippen molar-refractivity contribution in [2.75, 3.05) is 13.1 Å². The van der Waals surface area contributed by atoms with Gasteiger partial charge >= 0.3 is 0 Å². The molecule has 14 nitrogen and oxygen atoms in total. The van der Waals surface area contributed by atoms with Gasteiger partial charge < -0.3 is 52.5 Å². The molecule has 0 bridgehead atoms. The molecule has 3 aliphatic heterocycles. The number of halogens is 4. The summed E-state index contributed by atoms with van der Waals surface area (Å²) in [5, 5.41) is 31.1. The monoisotopic (exact) mass is 764 g/mol. The number of aliphatic imine (C=N–C) groups is 2. The quantitative estimate of drug-likeness (QED) is 0.180. The Hall–Kier alpha value is -2.31. The number of guanidine groups is 2. The summed E-state index contributed by atoms with van der Waals surface area (Å²) in [4.78, 5) is 41.9. The molecule has 11 N–H and O–H groups in total. The van der Waals surface area contributed by atoms with Crippen molar-refractivity contribution < 1.29 is 19.8 Å². The zero-order chi connectivity index (χ0) is 28.7. The molecule has 8 unspecified atom stereocenters. The van der Waals surface area contributed by atoms with Crippen molar-refractivity contribution in [2.24, 2.45) is 39.2 Å². The van der Waals surface area contributed by atoms with E-state index in [1.807, 2.05) is 0 Å². The third-order valence-electron chi connectivity index (χ3n) is 8.22. The van der Waals surface area contributed by atoms with E-state index in [9.17, 15) is 19.8 Å². The van der Waals surface area contributed by atoms with E-state index in [2.05, 4.69) is 83.7 Å². The Morgan fingerprint density at radius 1 is 1.12 bits per heavy atom. The summed E-state index contributed by atoms with van der Waals surface area (Å²) in [6.45, 7) is 0.0704. The summed E-state index contributed by atoms with van der Waals surface area (Å²) in [5.41, 5.74) is 9.63. The maximum absolute atomic E-state index is 13.0. The van der Waals surface area contributed by atoms with Gasteiger partial charge in [0.15, 0.2) is 30.0 Å². The number of aromatic nitrogens is 2. The lowest BCUT2D eigenvalue weighted by atomic mass is 9.77. The van der Waals surface area contributed by atoms with Crippen LogP contribution < -0.4 is 27.4 Å². The number of carbonyl (C=O) groups excluding carboxylic acids is 2. The molecule has 8 atom stereocenters. The Bertz CT molecular complexity index is 1450. The van der Waals surface area contributed by atoms with E-state index in [0.717, 1.165) is 0 Å². The van der Waals surface area contributed by atoms with E-state index in [1.165, 1.54) is 4.90 Å². The summed E-state index contributed by atoms with van der Waals surface area (Å²) < 4.78 is 1.86. The Morgan fingerprint density at radius 3 is 2.48 bits per heavy atom. The molecule has 2 aromatic heterocycles. The summed E-state index contributed by atoms with van der Waals surface area (Å²) in [5.74, 6) is -2.91. The van der Waals surface area contributed by atoms with E-state index in [-0.39, 0.29) is 25.0 Å². The number of hydrogen-bond acceptors (Lipinski definition) is 10. The fourth-order valence-electron chi connectivity index (χ4n) is 6.74. The minimum absolute atomic E-state index is 0.0147. The van der Waals surface area contributed by atoms with Gasteiger partial charge in [0.25, 0.3) is 11.8 Å². The first kappa shape index (κ1) is 27.8. The highest BCUT2D eigenvalue weighted by atomic mass is 79.9. The minimum Gasteiger partial charge on any atom is -0.370 e. The predicted molar refractivity (Wildman–Crippen MR) is 155 cm³/mol. The average Bonchev–Trinajstić information content (AvgIpc) is 3.68. The molecule has 2 fully saturated rings. The normalized spacial score (nSPS) is 35.5. The molecule has 4 aliphatic rings. The Morgan fingerprint density at radius 2 is 1.82 bits per heavy atom. The minimum atomic E-state index is -1.80. The second kappa shape index (κ2) is 9.62. The van der Waals surface area contributed by atoms with Crippen LogP contribution in [0, 0.1) is 17.8 Å². The van der Waals surface area contributed by atoms with Gasteiger partial charge in [-0.3, -0.25) is 9.59 Å². The SMILES string of the molecule is NC1=NC2N3C(N)=NC(O)C34C(Cl)C(CNC(=O)c3cc(Br)c(Br)[nH]3)C(CNC(=O)c3[nH]ccc3Br)C4C2(O)N1. The molecule has 1 saturated heterocycles. The summed E-state index contributed by atoms with van der Waals surface area (Å²) >= 11 is 17.2. The Kier molecular flexibility index (Phi) is 6.70. The van der Waals surface area contributed by atoms with Gasteiger partial charge in [-0.15, -0.1) is 11.6 Å². The number of aromatic amines is 2. The van der Waals surface area contributed by atoms with Crippen molar-refractivity contribution in [3.8, 4) is 0 Å². The number of hydrogen-bond donors (Lipinski definition) is 9. The van der Waals surface area contributed by atoms with Gasteiger partial charge in [-0.2, -0.15) is 0 Å². The summed E-state index contributed by atoms with van der Waals surface area (Å²) in [6.07, 6.45) is -0.813. The standard InChI is InChI=1S/C22H24Br3ClN10O4/c23-8-1-2-29-11(8)16(38)31-4-6-7(5-30-15(37)10-3-9(24)14(25)32-10)13(26)21-12(6)22(40)17(33-19(27)35-22)36(21)20(28)34-18(21)39/h1-3,6-7,12-13,17-18,29,32,39-40H,4-5H2,(H2,28,34)(H,30,37)(H,31,38)(H3,27,33,35). The van der Waals surface area contributed by atoms with E-state index in [4.69, 9.17) is 23.1 Å². The van der Waals surface area contributed by atoms with Gasteiger partial charge in [0.05, 0.1) is 14.5 Å². The van der Waals surface area contributed by atoms with Gasteiger partial charge in [-0.25, -0.2) is 9.98 Å². The van der Waals surface area contributed by atoms with Crippen LogP contribution in [0.3, 0.4) is 0 Å². The molecule has 5 heterocycles. The number of rotatable bonds is 6. The number of amides is 2. The molecule has 1 aliphatic carbocycles. The van der Waals surface area contributed by atoms with Gasteiger partial charge in [0, 0.05) is 35.6 Å². The lowest BCUT2D eigenvalue weighted by Crippen LogP contribution is -2.61. The number of aliphatic hydroxyl groups excluding tert-OH is 1. The van der Waals surface area contributed by atoms with E-state index in [0.29, 0.717) is 24.9 Å². The van der Waals surface area contributed by atoms with Crippen LogP contribution in [0.25, 0.3) is 0 Å². The lowest BCUT2D eigenvalue weighted by Gasteiger charge is -2.39. The summed E-state index contributed by atoms with van der Waals surface area (Å²) in [6, 6.07) is 3.32. The third kappa shape index (κ3) is 3.77. The number of nitrogens with two attached hydrogens (primary N) is 2. The molecule has 18 heteroatoms. The smallest absolute Gasteiger partial charge is 0.268 e. The number of fused-ring (bicyclic) bond motifs is 3. The van der Waals surface area contributed by atoms with Gasteiger partial charge in [0.2, 0.25) is 0 Å².